The number of urea groups is 1. The number of alkyl halides is 1. The van der Waals surface area contributed by atoms with Gasteiger partial charge in [-0.15, -0.1) is 0 Å². The molecule has 10 heavy (non-hydrogen) atoms. The predicted octanol–water partition coefficient (Wildman–Crippen LogP) is 0.367. The van der Waals surface area contributed by atoms with E-state index in [0.29, 0.717) is 6.42 Å². The Balaban J connectivity index is 2.68. The Labute approximate surface area is 71.9 Å². The molecule has 1 fully saturated rings. The van der Waals surface area contributed by atoms with Crippen LogP contribution in [0.2, 0.25) is 0 Å². The molecule has 0 aliphatic carbocycles. The molecule has 1 aliphatic rings. The molecule has 0 unspecified atom stereocenters. The van der Waals surface area contributed by atoms with Crippen LogP contribution in [0.15, 0.2) is 0 Å². The second-order valence-electron chi connectivity index (χ2n) is 2.38. The Hall–Kier alpha value is -0.330. The highest BCUT2D eigenvalue weighted by Crippen LogP contribution is 2.20. The first-order valence-corrected chi connectivity index (χ1v) is 3.88. The van der Waals surface area contributed by atoms with E-state index < -0.39 is 9.58 Å². The topological polar surface area (TPSA) is 58.2 Å². The van der Waals surface area contributed by atoms with E-state index in [2.05, 4.69) is 10.6 Å². The van der Waals surface area contributed by atoms with Crippen LogP contribution in [0.3, 0.4) is 0 Å². The summed E-state index contributed by atoms with van der Waals surface area (Å²) < 4.78 is -0.419. The lowest BCUT2D eigenvalue weighted by Crippen LogP contribution is -2.55. The van der Waals surface area contributed by atoms with E-state index in [1.807, 2.05) is 22.6 Å². The molecule has 1 saturated heterocycles. The predicted molar refractivity (Wildman–Crippen MR) is 43.7 cm³/mol. The molecule has 0 spiro atoms. The minimum atomic E-state index is -0.419. The molecule has 4 nitrogen and oxygen atoms in total. The average Bonchev–Trinajstić information content (AvgIpc) is 1.54. The van der Waals surface area contributed by atoms with Gasteiger partial charge in [-0.2, -0.15) is 0 Å². The molecule has 3 amide bonds. The highest BCUT2D eigenvalue weighted by molar-refractivity contribution is 14.1. The summed E-state index contributed by atoms with van der Waals surface area (Å²) in [5.74, 6) is -0.222. The SMILES string of the molecule is C[C@@]1(I)CC(=O)NC(=O)N1. The van der Waals surface area contributed by atoms with Crippen molar-refractivity contribution in [2.24, 2.45) is 0 Å². The van der Waals surface area contributed by atoms with Crippen LogP contribution in [0.4, 0.5) is 4.79 Å². The third-order valence-corrected chi connectivity index (χ3v) is 1.77. The number of halogens is 1. The van der Waals surface area contributed by atoms with Crippen molar-refractivity contribution in [3.05, 3.63) is 0 Å². The average molecular weight is 254 g/mol. The number of nitrogens with one attached hydrogen (secondary N) is 2. The Morgan fingerprint density at radius 3 is 2.60 bits per heavy atom. The lowest BCUT2D eigenvalue weighted by Gasteiger charge is -2.27. The van der Waals surface area contributed by atoms with E-state index in [-0.39, 0.29) is 5.91 Å². The summed E-state index contributed by atoms with van der Waals surface area (Å²) in [6.07, 6.45) is 0.333. The smallest absolute Gasteiger partial charge is 0.322 e. The van der Waals surface area contributed by atoms with Crippen LogP contribution in [-0.2, 0) is 4.79 Å². The number of hydrogen-bond acceptors (Lipinski definition) is 2. The van der Waals surface area contributed by atoms with Crippen LogP contribution >= 0.6 is 22.6 Å². The lowest BCUT2D eigenvalue weighted by atomic mass is 10.2. The van der Waals surface area contributed by atoms with Crippen molar-refractivity contribution in [2.75, 3.05) is 0 Å². The van der Waals surface area contributed by atoms with E-state index in [9.17, 15) is 9.59 Å². The van der Waals surface area contributed by atoms with Gasteiger partial charge in [-0.3, -0.25) is 10.1 Å². The maximum absolute atomic E-state index is 10.7. The standard InChI is InChI=1S/C5H7IN2O2/c1-5(6)2-3(9)7-4(10)8-5/h2H2,1H3,(H2,7,8,9,10)/t5-/m0/s1. The second kappa shape index (κ2) is 2.37. The molecular weight excluding hydrogens is 247 g/mol. The first kappa shape index (κ1) is 7.77. The van der Waals surface area contributed by atoms with Crippen LogP contribution in [0.5, 0.6) is 0 Å². The van der Waals surface area contributed by atoms with Gasteiger partial charge >= 0.3 is 6.03 Å². The van der Waals surface area contributed by atoms with Crippen molar-refractivity contribution >= 4 is 34.5 Å². The number of carbonyl (C=O) groups excluding carboxylic acids is 2. The van der Waals surface area contributed by atoms with Gasteiger partial charge in [0.05, 0.1) is 9.97 Å². The van der Waals surface area contributed by atoms with Crippen LogP contribution < -0.4 is 10.6 Å². The fourth-order valence-corrected chi connectivity index (χ4v) is 1.38. The molecule has 0 bridgehead atoms. The van der Waals surface area contributed by atoms with E-state index in [4.69, 9.17) is 0 Å². The third kappa shape index (κ3) is 1.83. The molecule has 0 aromatic heterocycles. The monoisotopic (exact) mass is 254 g/mol. The van der Waals surface area contributed by atoms with Gasteiger partial charge in [0.25, 0.3) is 0 Å². The van der Waals surface area contributed by atoms with Crippen LogP contribution in [0, 0.1) is 0 Å². The molecule has 1 atom stereocenters. The minimum Gasteiger partial charge on any atom is -0.323 e. The zero-order chi connectivity index (χ0) is 7.78. The Morgan fingerprint density at radius 1 is 1.60 bits per heavy atom. The molecule has 1 rings (SSSR count). The molecular formula is C5H7IN2O2. The van der Waals surface area contributed by atoms with Crippen molar-refractivity contribution in [1.29, 1.82) is 0 Å². The maximum atomic E-state index is 10.7. The van der Waals surface area contributed by atoms with Gasteiger partial charge in [-0.1, -0.05) is 22.6 Å². The molecule has 2 N–H and O–H groups in total. The first-order chi connectivity index (χ1) is 4.49. The fourth-order valence-electron chi connectivity index (χ4n) is 0.785. The summed E-state index contributed by atoms with van der Waals surface area (Å²) in [4.78, 5) is 21.4. The van der Waals surface area contributed by atoms with Crippen molar-refractivity contribution in [2.45, 2.75) is 16.9 Å². The summed E-state index contributed by atoms with van der Waals surface area (Å²) in [6.45, 7) is 1.80. The zero-order valence-electron chi connectivity index (χ0n) is 5.40. The molecule has 0 saturated carbocycles. The molecule has 1 aliphatic heterocycles. The van der Waals surface area contributed by atoms with Crippen molar-refractivity contribution < 1.29 is 9.59 Å². The van der Waals surface area contributed by atoms with Gasteiger partial charge in [0.1, 0.15) is 0 Å². The summed E-state index contributed by atoms with van der Waals surface area (Å²) in [5.41, 5.74) is 0. The summed E-state index contributed by atoms with van der Waals surface area (Å²) in [5, 5.41) is 4.74. The first-order valence-electron chi connectivity index (χ1n) is 2.80. The van der Waals surface area contributed by atoms with Crippen molar-refractivity contribution in [3.8, 4) is 0 Å². The van der Waals surface area contributed by atoms with Gasteiger partial charge in [0.2, 0.25) is 5.91 Å². The van der Waals surface area contributed by atoms with Crippen LogP contribution in [-0.4, -0.2) is 15.5 Å². The fraction of sp³-hybridized carbons (Fsp3) is 0.600. The maximum Gasteiger partial charge on any atom is 0.322 e. The summed E-state index contributed by atoms with van der Waals surface area (Å²) in [7, 11) is 0. The number of carbonyl (C=O) groups is 2. The molecule has 0 aromatic carbocycles. The minimum absolute atomic E-state index is 0.222. The third-order valence-electron chi connectivity index (χ3n) is 1.12. The van der Waals surface area contributed by atoms with E-state index in [1.54, 1.807) is 6.92 Å². The zero-order valence-corrected chi connectivity index (χ0v) is 7.56. The number of hydrogen-bond donors (Lipinski definition) is 2. The van der Waals surface area contributed by atoms with E-state index in [0.717, 1.165) is 0 Å². The van der Waals surface area contributed by atoms with E-state index >= 15 is 0 Å². The number of imide groups is 1. The normalized spacial score (nSPS) is 33.0. The highest BCUT2D eigenvalue weighted by Gasteiger charge is 2.31. The Kier molecular flexibility index (Phi) is 1.84. The van der Waals surface area contributed by atoms with Crippen molar-refractivity contribution in [3.63, 3.8) is 0 Å². The Bertz CT molecular complexity index is 172. The largest absolute Gasteiger partial charge is 0.323 e. The van der Waals surface area contributed by atoms with Crippen molar-refractivity contribution in [1.82, 2.24) is 10.6 Å². The van der Waals surface area contributed by atoms with Crippen LogP contribution in [0.1, 0.15) is 13.3 Å². The second-order valence-corrected chi connectivity index (χ2v) is 4.76. The summed E-state index contributed by atoms with van der Waals surface area (Å²) in [6, 6.07) is -0.409. The van der Waals surface area contributed by atoms with E-state index in [1.165, 1.54) is 0 Å². The molecule has 5 heteroatoms. The quantitative estimate of drug-likeness (QED) is 0.372. The number of amides is 3. The van der Waals surface area contributed by atoms with Crippen LogP contribution in [0.25, 0.3) is 0 Å². The lowest BCUT2D eigenvalue weighted by molar-refractivity contribution is -0.121. The Morgan fingerprint density at radius 2 is 2.20 bits per heavy atom. The van der Waals surface area contributed by atoms with Gasteiger partial charge in [0.15, 0.2) is 0 Å². The van der Waals surface area contributed by atoms with Gasteiger partial charge < -0.3 is 5.32 Å². The van der Waals surface area contributed by atoms with Gasteiger partial charge in [0, 0.05) is 0 Å². The van der Waals surface area contributed by atoms with Gasteiger partial charge in [-0.25, -0.2) is 4.79 Å². The summed E-state index contributed by atoms with van der Waals surface area (Å²) >= 11 is 2.03. The molecule has 1 heterocycles. The number of rotatable bonds is 0. The molecule has 56 valence electrons. The van der Waals surface area contributed by atoms with Gasteiger partial charge in [-0.05, 0) is 6.92 Å². The molecule has 0 radical (unpaired) electrons. The highest BCUT2D eigenvalue weighted by atomic mass is 127. The molecule has 0 aromatic rings.